The van der Waals surface area contributed by atoms with Gasteiger partial charge in [0.05, 0.1) is 32.0 Å². The third-order valence-corrected chi connectivity index (χ3v) is 9.29. The maximum absolute atomic E-state index is 13.2. The van der Waals surface area contributed by atoms with E-state index in [2.05, 4.69) is 9.97 Å². The number of piperidine rings is 1. The number of ether oxygens (including phenoxy) is 2. The van der Waals surface area contributed by atoms with Gasteiger partial charge in [-0.2, -0.15) is 4.31 Å². The number of H-pyrrole nitrogens is 1. The number of aromatic amines is 1. The molecule has 0 unspecified atom stereocenters. The molecular weight excluding hydrogens is 535 g/mol. The Hall–Kier alpha value is -3.11. The molecular formula is C26H22Cl2N4O4S. The van der Waals surface area contributed by atoms with Crippen LogP contribution in [0.25, 0.3) is 22.6 Å². The lowest BCUT2D eigenvalue weighted by molar-refractivity contribution is 0.174. The number of hydrogen-bond donors (Lipinski definition) is 1. The molecule has 4 heterocycles. The molecule has 0 atom stereocenters. The Morgan fingerprint density at radius 1 is 0.946 bits per heavy atom. The summed E-state index contributed by atoms with van der Waals surface area (Å²) in [6, 6.07) is 15.9. The number of imidazole rings is 1. The van der Waals surface area contributed by atoms with E-state index in [0.717, 1.165) is 28.5 Å². The zero-order valence-corrected chi connectivity index (χ0v) is 21.9. The summed E-state index contributed by atoms with van der Waals surface area (Å²) < 4.78 is 38.9. The number of pyridine rings is 1. The number of nitrogens with one attached hydrogen (secondary N) is 1. The van der Waals surface area contributed by atoms with Crippen LogP contribution in [-0.2, 0) is 10.0 Å². The number of sulfonamides is 1. The molecule has 0 amide bonds. The van der Waals surface area contributed by atoms with Crippen molar-refractivity contribution < 1.29 is 17.9 Å². The van der Waals surface area contributed by atoms with Crippen LogP contribution in [0.2, 0.25) is 10.0 Å². The Morgan fingerprint density at radius 3 is 2.51 bits per heavy atom. The summed E-state index contributed by atoms with van der Waals surface area (Å²) in [5.41, 5.74) is 3.22. The lowest BCUT2D eigenvalue weighted by Gasteiger charge is -2.30. The minimum absolute atomic E-state index is 0.0606. The highest BCUT2D eigenvalue weighted by Crippen LogP contribution is 2.40. The smallest absolute Gasteiger partial charge is 0.243 e. The van der Waals surface area contributed by atoms with Gasteiger partial charge in [-0.15, -0.1) is 0 Å². The molecule has 0 aliphatic carbocycles. The maximum Gasteiger partial charge on any atom is 0.243 e. The standard InChI is InChI=1S/C26H22Cl2N4O4S/c27-19-6-5-18(14-20(19)28)37(33,34)32-11-8-16(9-12-32)26-30-24(25(31-26)21-3-1-2-10-29-21)17-4-7-22-23(13-17)36-15-35-22/h1-7,10,13-14,16H,8-9,11-12,15H2,(H,30,31). The topological polar surface area (TPSA) is 97.4 Å². The second-order valence-corrected chi connectivity index (χ2v) is 11.6. The van der Waals surface area contributed by atoms with Gasteiger partial charge in [0.15, 0.2) is 11.5 Å². The minimum atomic E-state index is -3.68. The number of halogens is 2. The molecule has 4 aromatic rings. The number of fused-ring (bicyclic) bond motifs is 1. The van der Waals surface area contributed by atoms with Crippen LogP contribution >= 0.6 is 23.2 Å². The summed E-state index contributed by atoms with van der Waals surface area (Å²) >= 11 is 12.0. The van der Waals surface area contributed by atoms with Gasteiger partial charge in [-0.3, -0.25) is 4.98 Å². The van der Waals surface area contributed by atoms with Crippen molar-refractivity contribution >= 4 is 33.2 Å². The molecule has 1 N–H and O–H groups in total. The lowest BCUT2D eigenvalue weighted by atomic mass is 9.97. The number of aromatic nitrogens is 3. The Kier molecular flexibility index (Phi) is 6.32. The summed E-state index contributed by atoms with van der Waals surface area (Å²) in [6.45, 7) is 0.930. The average molecular weight is 557 g/mol. The van der Waals surface area contributed by atoms with E-state index in [4.69, 9.17) is 37.7 Å². The van der Waals surface area contributed by atoms with E-state index in [1.807, 2.05) is 36.4 Å². The van der Waals surface area contributed by atoms with Crippen molar-refractivity contribution in [3.05, 3.63) is 76.7 Å². The molecule has 190 valence electrons. The van der Waals surface area contributed by atoms with Gasteiger partial charge in [0, 0.05) is 30.8 Å². The second kappa shape index (κ2) is 9.64. The molecule has 1 fully saturated rings. The lowest BCUT2D eigenvalue weighted by Crippen LogP contribution is -2.38. The van der Waals surface area contributed by atoms with E-state index in [1.165, 1.54) is 22.5 Å². The molecule has 0 saturated carbocycles. The average Bonchev–Trinajstić information content (AvgIpc) is 3.58. The molecule has 8 nitrogen and oxygen atoms in total. The van der Waals surface area contributed by atoms with Gasteiger partial charge in [-0.05, 0) is 61.4 Å². The van der Waals surface area contributed by atoms with Crippen molar-refractivity contribution in [3.8, 4) is 34.1 Å². The fourth-order valence-corrected chi connectivity index (χ4v) is 6.55. The van der Waals surface area contributed by atoms with Crippen LogP contribution in [0.1, 0.15) is 24.6 Å². The Morgan fingerprint density at radius 2 is 1.76 bits per heavy atom. The quantitative estimate of drug-likeness (QED) is 0.336. The Bertz CT molecular complexity index is 1570. The highest BCUT2D eigenvalue weighted by molar-refractivity contribution is 7.89. The van der Waals surface area contributed by atoms with Gasteiger partial charge in [0.2, 0.25) is 16.8 Å². The van der Waals surface area contributed by atoms with E-state index in [-0.39, 0.29) is 22.6 Å². The van der Waals surface area contributed by atoms with Crippen molar-refractivity contribution in [2.45, 2.75) is 23.7 Å². The van der Waals surface area contributed by atoms with Gasteiger partial charge >= 0.3 is 0 Å². The minimum Gasteiger partial charge on any atom is -0.454 e. The second-order valence-electron chi connectivity index (χ2n) is 8.88. The first-order chi connectivity index (χ1) is 17.9. The first-order valence-corrected chi connectivity index (χ1v) is 14.0. The molecule has 0 bridgehead atoms. The first-order valence-electron chi connectivity index (χ1n) is 11.8. The zero-order valence-electron chi connectivity index (χ0n) is 19.5. The highest BCUT2D eigenvalue weighted by Gasteiger charge is 2.32. The highest BCUT2D eigenvalue weighted by atomic mass is 35.5. The number of hydrogen-bond acceptors (Lipinski definition) is 6. The van der Waals surface area contributed by atoms with Gasteiger partial charge < -0.3 is 14.5 Å². The fourth-order valence-electron chi connectivity index (χ4n) is 4.69. The zero-order chi connectivity index (χ0) is 25.6. The summed E-state index contributed by atoms with van der Waals surface area (Å²) in [6.07, 6.45) is 2.98. The van der Waals surface area contributed by atoms with Crippen LogP contribution in [-0.4, -0.2) is 47.6 Å². The summed E-state index contributed by atoms with van der Waals surface area (Å²) in [5.74, 6) is 2.25. The molecule has 6 rings (SSSR count). The molecule has 37 heavy (non-hydrogen) atoms. The van der Waals surface area contributed by atoms with Crippen molar-refractivity contribution in [1.29, 1.82) is 0 Å². The van der Waals surface area contributed by atoms with Crippen LogP contribution in [0.15, 0.2) is 65.7 Å². The number of benzene rings is 2. The van der Waals surface area contributed by atoms with Gasteiger partial charge in [0.1, 0.15) is 5.82 Å². The SMILES string of the molecule is O=S(=O)(c1ccc(Cl)c(Cl)c1)N1CCC(c2nc(-c3ccc4c(c3)OCO4)c(-c3ccccn3)[nH]2)CC1. The van der Waals surface area contributed by atoms with Gasteiger partial charge in [-0.25, -0.2) is 13.4 Å². The third kappa shape index (κ3) is 4.57. The first kappa shape index (κ1) is 24.2. The summed E-state index contributed by atoms with van der Waals surface area (Å²) in [5, 5.41) is 0.533. The molecule has 2 aliphatic heterocycles. The maximum atomic E-state index is 13.2. The largest absolute Gasteiger partial charge is 0.454 e. The predicted octanol–water partition coefficient (Wildman–Crippen LogP) is 5.74. The molecule has 11 heteroatoms. The van der Waals surface area contributed by atoms with E-state index in [0.29, 0.717) is 42.5 Å². The predicted molar refractivity (Wildman–Crippen MR) is 141 cm³/mol. The van der Waals surface area contributed by atoms with E-state index in [9.17, 15) is 8.42 Å². The molecule has 2 aliphatic rings. The Balaban J connectivity index is 1.28. The van der Waals surface area contributed by atoms with Crippen LogP contribution in [0.4, 0.5) is 0 Å². The number of nitrogens with zero attached hydrogens (tertiary/aromatic N) is 3. The van der Waals surface area contributed by atoms with Crippen molar-refractivity contribution in [2.75, 3.05) is 19.9 Å². The van der Waals surface area contributed by atoms with Crippen molar-refractivity contribution in [2.24, 2.45) is 0 Å². The van der Waals surface area contributed by atoms with Crippen LogP contribution < -0.4 is 9.47 Å². The fraction of sp³-hybridized carbons (Fsp3) is 0.231. The van der Waals surface area contributed by atoms with Crippen LogP contribution in [0.5, 0.6) is 11.5 Å². The van der Waals surface area contributed by atoms with Crippen LogP contribution in [0.3, 0.4) is 0 Å². The summed E-state index contributed by atoms with van der Waals surface area (Å²) in [7, 11) is -3.68. The molecule has 1 saturated heterocycles. The van der Waals surface area contributed by atoms with Gasteiger partial charge in [-0.1, -0.05) is 29.3 Å². The molecule has 2 aromatic heterocycles. The van der Waals surface area contributed by atoms with E-state index < -0.39 is 10.0 Å². The van der Waals surface area contributed by atoms with Crippen molar-refractivity contribution in [3.63, 3.8) is 0 Å². The van der Waals surface area contributed by atoms with E-state index >= 15 is 0 Å². The molecule has 0 radical (unpaired) electrons. The van der Waals surface area contributed by atoms with Crippen molar-refractivity contribution in [1.82, 2.24) is 19.3 Å². The summed E-state index contributed by atoms with van der Waals surface area (Å²) in [4.78, 5) is 13.1. The normalized spacial score (nSPS) is 16.3. The third-order valence-electron chi connectivity index (χ3n) is 6.66. The van der Waals surface area contributed by atoms with Gasteiger partial charge in [0.25, 0.3) is 0 Å². The Labute approximate surface area is 224 Å². The van der Waals surface area contributed by atoms with Crippen LogP contribution in [0, 0.1) is 0 Å². The molecule has 0 spiro atoms. The monoisotopic (exact) mass is 556 g/mol. The van der Waals surface area contributed by atoms with E-state index in [1.54, 1.807) is 6.20 Å². The molecule has 2 aromatic carbocycles. The number of rotatable bonds is 5.